The fourth-order valence-corrected chi connectivity index (χ4v) is 3.48. The second kappa shape index (κ2) is 5.67. The summed E-state index contributed by atoms with van der Waals surface area (Å²) >= 11 is 0. The van der Waals surface area contributed by atoms with Crippen LogP contribution in [-0.4, -0.2) is 12.0 Å². The van der Waals surface area contributed by atoms with Crippen LogP contribution in [0.4, 0.5) is 11.4 Å². The molecule has 118 valence electrons. The second-order valence-electron chi connectivity index (χ2n) is 6.27. The Morgan fingerprint density at radius 2 is 1.40 bits per heavy atom. The van der Waals surface area contributed by atoms with Gasteiger partial charge in [-0.3, -0.25) is 4.98 Å². The van der Waals surface area contributed by atoms with Gasteiger partial charge >= 0.3 is 6.98 Å². The maximum absolute atomic E-state index is 4.42. The Morgan fingerprint density at radius 1 is 0.680 bits per heavy atom. The van der Waals surface area contributed by atoms with Crippen LogP contribution in [-0.2, 0) is 0 Å². The lowest BCUT2D eigenvalue weighted by Crippen LogP contribution is -2.47. The first kappa shape index (κ1) is 14.1. The van der Waals surface area contributed by atoms with Crippen molar-refractivity contribution in [1.29, 1.82) is 0 Å². The Balaban J connectivity index is 1.49. The minimum absolute atomic E-state index is 0.0540. The molecule has 0 spiro atoms. The van der Waals surface area contributed by atoms with Crippen molar-refractivity contribution in [2.75, 3.05) is 10.5 Å². The van der Waals surface area contributed by atoms with Crippen LogP contribution in [0.2, 0.25) is 0 Å². The summed E-state index contributed by atoms with van der Waals surface area (Å²) in [5.41, 5.74) is 5.67. The lowest BCUT2D eigenvalue weighted by Gasteiger charge is -2.26. The topological polar surface area (TPSA) is 37.0 Å². The van der Waals surface area contributed by atoms with E-state index < -0.39 is 0 Å². The van der Waals surface area contributed by atoms with Gasteiger partial charge in [0.15, 0.2) is 0 Å². The highest BCUT2D eigenvalue weighted by Crippen LogP contribution is 2.33. The minimum atomic E-state index is 0.0540. The van der Waals surface area contributed by atoms with E-state index in [9.17, 15) is 0 Å². The highest BCUT2D eigenvalue weighted by atomic mass is 15.0. The van der Waals surface area contributed by atoms with Crippen LogP contribution >= 0.6 is 0 Å². The molecule has 2 heterocycles. The molecule has 4 heteroatoms. The van der Waals surface area contributed by atoms with Crippen LogP contribution in [0.5, 0.6) is 0 Å². The molecule has 1 aromatic heterocycles. The molecule has 3 aromatic carbocycles. The van der Waals surface area contributed by atoms with Gasteiger partial charge < -0.3 is 10.5 Å². The minimum Gasteiger partial charge on any atom is -0.405 e. The second-order valence-corrected chi connectivity index (χ2v) is 6.27. The van der Waals surface area contributed by atoms with E-state index in [0.29, 0.717) is 0 Å². The Bertz CT molecular complexity index is 1000. The normalized spacial score (nSPS) is 12.6. The van der Waals surface area contributed by atoms with Gasteiger partial charge in [0.2, 0.25) is 0 Å². The molecule has 4 aromatic rings. The Kier molecular flexibility index (Phi) is 3.20. The van der Waals surface area contributed by atoms with E-state index in [2.05, 4.69) is 76.1 Å². The number of anilines is 2. The number of benzene rings is 3. The van der Waals surface area contributed by atoms with Gasteiger partial charge in [-0.1, -0.05) is 54.6 Å². The molecular formula is C21H16BN3. The van der Waals surface area contributed by atoms with Crippen LogP contribution in [0.25, 0.3) is 22.0 Å². The van der Waals surface area contributed by atoms with E-state index in [0.717, 1.165) is 11.3 Å². The first-order valence-corrected chi connectivity index (χ1v) is 8.45. The molecule has 1 aliphatic rings. The molecule has 0 aliphatic carbocycles. The molecule has 3 nitrogen and oxygen atoms in total. The molecule has 2 N–H and O–H groups in total. The standard InChI is InChI=1S/C21H16BN3/c1-2-14-23-18(7-1)15-10-12-17(13-11-15)22-24-19-8-3-5-16-6-4-9-20(25-22)21(16)19/h1-14,24-25H. The largest absolute Gasteiger partial charge is 0.406 e. The molecule has 0 saturated heterocycles. The molecule has 0 bridgehead atoms. The maximum Gasteiger partial charge on any atom is 0.406 e. The highest BCUT2D eigenvalue weighted by molar-refractivity contribution is 6.80. The van der Waals surface area contributed by atoms with E-state index in [1.165, 1.54) is 27.6 Å². The predicted molar refractivity (Wildman–Crippen MR) is 106 cm³/mol. The number of nitrogens with zero attached hydrogens (tertiary/aromatic N) is 1. The molecule has 5 rings (SSSR count). The third kappa shape index (κ3) is 2.43. The molecule has 0 atom stereocenters. The van der Waals surface area contributed by atoms with Crippen molar-refractivity contribution in [3.05, 3.63) is 85.1 Å². The third-order valence-electron chi connectivity index (χ3n) is 4.71. The van der Waals surface area contributed by atoms with Gasteiger partial charge in [0.25, 0.3) is 0 Å². The van der Waals surface area contributed by atoms with E-state index in [-0.39, 0.29) is 6.98 Å². The highest BCUT2D eigenvalue weighted by Gasteiger charge is 2.25. The summed E-state index contributed by atoms with van der Waals surface area (Å²) in [6.07, 6.45) is 1.82. The van der Waals surface area contributed by atoms with Crippen LogP contribution in [0, 0.1) is 0 Å². The molecule has 0 fully saturated rings. The van der Waals surface area contributed by atoms with Gasteiger partial charge in [0.1, 0.15) is 0 Å². The first-order valence-electron chi connectivity index (χ1n) is 8.45. The monoisotopic (exact) mass is 321 g/mol. The Morgan fingerprint density at radius 3 is 2.04 bits per heavy atom. The molecule has 1 aliphatic heterocycles. The smallest absolute Gasteiger partial charge is 0.405 e. The quantitative estimate of drug-likeness (QED) is 0.545. The van der Waals surface area contributed by atoms with Gasteiger partial charge in [-0.25, -0.2) is 0 Å². The Labute approximate surface area is 146 Å². The number of hydrogen-bond acceptors (Lipinski definition) is 3. The average Bonchev–Trinajstić information content (AvgIpc) is 2.69. The summed E-state index contributed by atoms with van der Waals surface area (Å²) in [5.74, 6) is 0. The number of pyridine rings is 1. The molecule has 0 amide bonds. The van der Waals surface area contributed by atoms with Crippen molar-refractivity contribution in [2.24, 2.45) is 0 Å². The first-order chi connectivity index (χ1) is 12.4. The van der Waals surface area contributed by atoms with Gasteiger partial charge in [-0.05, 0) is 35.1 Å². The van der Waals surface area contributed by atoms with Gasteiger partial charge in [-0.2, -0.15) is 0 Å². The zero-order valence-corrected chi connectivity index (χ0v) is 13.6. The van der Waals surface area contributed by atoms with E-state index >= 15 is 0 Å². The lowest BCUT2D eigenvalue weighted by atomic mass is 9.66. The van der Waals surface area contributed by atoms with Gasteiger partial charge in [0.05, 0.1) is 5.69 Å². The van der Waals surface area contributed by atoms with Gasteiger partial charge in [-0.15, -0.1) is 0 Å². The van der Waals surface area contributed by atoms with Crippen molar-refractivity contribution in [3.63, 3.8) is 0 Å². The third-order valence-corrected chi connectivity index (χ3v) is 4.71. The summed E-state index contributed by atoms with van der Waals surface area (Å²) in [6, 6.07) is 27.3. The molecule has 0 radical (unpaired) electrons. The van der Waals surface area contributed by atoms with Crippen molar-refractivity contribution in [1.82, 2.24) is 4.98 Å². The average molecular weight is 321 g/mol. The number of rotatable bonds is 2. The van der Waals surface area contributed by atoms with Crippen molar-refractivity contribution < 1.29 is 0 Å². The van der Waals surface area contributed by atoms with E-state index in [4.69, 9.17) is 0 Å². The van der Waals surface area contributed by atoms with Crippen molar-refractivity contribution >= 4 is 34.6 Å². The number of aromatic nitrogens is 1. The fraction of sp³-hybridized carbons (Fsp3) is 0. The zero-order valence-electron chi connectivity index (χ0n) is 13.6. The fourth-order valence-electron chi connectivity index (χ4n) is 3.48. The predicted octanol–water partition coefficient (Wildman–Crippen LogP) is 4.13. The summed E-state index contributed by atoms with van der Waals surface area (Å²) in [7, 11) is 0. The van der Waals surface area contributed by atoms with E-state index in [1.54, 1.807) is 0 Å². The lowest BCUT2D eigenvalue weighted by molar-refractivity contribution is 1.33. The van der Waals surface area contributed by atoms with Crippen molar-refractivity contribution in [2.45, 2.75) is 0 Å². The number of hydrogen-bond donors (Lipinski definition) is 2. The van der Waals surface area contributed by atoms with E-state index in [1.807, 2.05) is 24.4 Å². The maximum atomic E-state index is 4.42. The molecule has 0 unspecified atom stereocenters. The van der Waals surface area contributed by atoms with Crippen LogP contribution in [0.3, 0.4) is 0 Å². The molecule has 0 saturated carbocycles. The number of nitrogens with one attached hydrogen (secondary N) is 2. The van der Waals surface area contributed by atoms with Crippen LogP contribution in [0.1, 0.15) is 0 Å². The summed E-state index contributed by atoms with van der Waals surface area (Å²) in [5, 5.41) is 9.73. The summed E-state index contributed by atoms with van der Waals surface area (Å²) < 4.78 is 0. The zero-order chi connectivity index (χ0) is 16.6. The van der Waals surface area contributed by atoms with Crippen LogP contribution < -0.4 is 15.9 Å². The molecule has 25 heavy (non-hydrogen) atoms. The van der Waals surface area contributed by atoms with Crippen molar-refractivity contribution in [3.8, 4) is 11.3 Å². The Hall–Kier alpha value is -3.27. The van der Waals surface area contributed by atoms with Crippen LogP contribution in [0.15, 0.2) is 85.1 Å². The summed E-state index contributed by atoms with van der Waals surface area (Å²) in [6.45, 7) is 0.0540. The summed E-state index contributed by atoms with van der Waals surface area (Å²) in [4.78, 5) is 4.42. The van der Waals surface area contributed by atoms with Gasteiger partial charge in [0, 0.05) is 28.5 Å². The molecular weight excluding hydrogens is 305 g/mol. The SMILES string of the molecule is c1ccc(-c2ccc(B3Nc4cccc5cccc(c45)N3)cc2)nc1.